The van der Waals surface area contributed by atoms with Crippen LogP contribution in [0.3, 0.4) is 0 Å². The SMILES string of the molecule is CC(=O)O.[K+].[N-]=[N+]=[N-]. The Labute approximate surface area is 88.9 Å². The Hall–Kier alpha value is 0.416. The molecule has 1 N–H and O–H groups in total. The maximum Gasteiger partial charge on any atom is 1.00 e. The van der Waals surface area contributed by atoms with E-state index >= 15 is 0 Å². The third kappa shape index (κ3) is 1090. The van der Waals surface area contributed by atoms with Crippen molar-refractivity contribution < 1.29 is 61.3 Å². The Morgan fingerprint density at radius 2 is 1.62 bits per heavy atom. The molecule has 0 aromatic rings. The van der Waals surface area contributed by atoms with Crippen LogP contribution in [-0.2, 0) is 4.79 Å². The molecule has 0 aliphatic rings. The van der Waals surface area contributed by atoms with Gasteiger partial charge in [-0.15, -0.1) is 0 Å². The topological polar surface area (TPSA) is 96.0 Å². The Morgan fingerprint density at radius 3 is 1.62 bits per heavy atom. The molecular weight excluding hydrogens is 137 g/mol. The van der Waals surface area contributed by atoms with Crippen LogP contribution in [0.15, 0.2) is 0 Å². The molecule has 0 rings (SSSR count). The van der Waals surface area contributed by atoms with E-state index in [4.69, 9.17) is 21.0 Å². The average Bonchev–Trinajstić information content (AvgIpc) is 1.33. The Kier molecular flexibility index (Phi) is 30.9. The Morgan fingerprint density at radius 1 is 1.62 bits per heavy atom. The van der Waals surface area contributed by atoms with E-state index in [1.54, 1.807) is 0 Å². The summed E-state index contributed by atoms with van der Waals surface area (Å²) in [4.78, 5) is 10.5. The molecule has 0 atom stereocenters. The fourth-order valence-electron chi connectivity index (χ4n) is 0. The summed E-state index contributed by atoms with van der Waals surface area (Å²) in [7, 11) is 0. The quantitative estimate of drug-likeness (QED) is 0.182. The standard InChI is InChI=1S/C2H4O2.K.N3/c1-2(3)4;;1-3-2/h1H3,(H,3,4);;/q;+1;-1. The molecule has 6 heteroatoms. The molecule has 0 aliphatic carbocycles. The van der Waals surface area contributed by atoms with Gasteiger partial charge in [0.25, 0.3) is 5.97 Å². The second-order valence-corrected chi connectivity index (χ2v) is 0.608. The Bertz CT molecular complexity index is 83.3. The van der Waals surface area contributed by atoms with Crippen LogP contribution in [0.2, 0.25) is 0 Å². The number of carboxylic acids is 1. The van der Waals surface area contributed by atoms with Crippen molar-refractivity contribution in [2.45, 2.75) is 6.92 Å². The molecule has 40 valence electrons. The first-order chi connectivity index (χ1) is 3.15. The zero-order valence-electron chi connectivity index (χ0n) is 4.70. The van der Waals surface area contributed by atoms with E-state index in [-0.39, 0.29) is 51.4 Å². The minimum Gasteiger partial charge on any atom is -0.481 e. The van der Waals surface area contributed by atoms with Crippen molar-refractivity contribution in [3.05, 3.63) is 16.0 Å². The maximum atomic E-state index is 9.00. The summed E-state index contributed by atoms with van der Waals surface area (Å²) in [6.45, 7) is 1.08. The third-order valence-electron chi connectivity index (χ3n) is 0. The number of aliphatic carboxylic acids is 1. The third-order valence-corrected chi connectivity index (χ3v) is 0. The zero-order valence-corrected chi connectivity index (χ0v) is 7.82. The van der Waals surface area contributed by atoms with Gasteiger partial charge in [-0.3, -0.25) is 9.71 Å². The van der Waals surface area contributed by atoms with Gasteiger partial charge in [-0.25, -0.2) is 0 Å². The Balaban J connectivity index is -0.0000000575. The van der Waals surface area contributed by atoms with Crippen molar-refractivity contribution in [1.82, 2.24) is 0 Å². The van der Waals surface area contributed by atoms with E-state index in [0.717, 1.165) is 6.92 Å². The second kappa shape index (κ2) is 15.7. The van der Waals surface area contributed by atoms with Crippen LogP contribution in [0, 0.1) is 0 Å². The van der Waals surface area contributed by atoms with Crippen molar-refractivity contribution in [3.63, 3.8) is 0 Å². The van der Waals surface area contributed by atoms with Gasteiger partial charge in [-0.05, 0) is 0 Å². The second-order valence-electron chi connectivity index (χ2n) is 0.608. The first-order valence-electron chi connectivity index (χ1n) is 1.33. The van der Waals surface area contributed by atoms with Crippen molar-refractivity contribution in [2.24, 2.45) is 0 Å². The van der Waals surface area contributed by atoms with Crippen LogP contribution < -0.4 is 51.4 Å². The first-order valence-corrected chi connectivity index (χ1v) is 1.33. The van der Waals surface area contributed by atoms with Crippen LogP contribution in [0.25, 0.3) is 16.0 Å². The van der Waals surface area contributed by atoms with Gasteiger partial charge in [0, 0.05) is 6.92 Å². The fourth-order valence-corrected chi connectivity index (χ4v) is 0. The average molecular weight is 141 g/mol. The number of carboxylic acid groups (broad SMARTS) is 1. The summed E-state index contributed by atoms with van der Waals surface area (Å²) in [5, 5.41) is 7.42. The molecule has 0 saturated heterocycles. The normalized spacial score (nSPS) is 4.12. The first kappa shape index (κ1) is 15.8. The molecule has 5 nitrogen and oxygen atoms in total. The summed E-state index contributed by atoms with van der Waals surface area (Å²) in [6.07, 6.45) is 0. The molecule has 0 aromatic carbocycles. The monoisotopic (exact) mass is 141 g/mol. The van der Waals surface area contributed by atoms with E-state index in [1.807, 2.05) is 0 Å². The van der Waals surface area contributed by atoms with Crippen LogP contribution in [0.5, 0.6) is 0 Å². The van der Waals surface area contributed by atoms with Gasteiger partial charge in [0.2, 0.25) is 0 Å². The summed E-state index contributed by atoms with van der Waals surface area (Å²) >= 11 is 0. The van der Waals surface area contributed by atoms with E-state index in [0.29, 0.717) is 0 Å². The molecule has 0 fully saturated rings. The van der Waals surface area contributed by atoms with Gasteiger partial charge in [-0.2, -0.15) is 0 Å². The fraction of sp³-hybridized carbons (Fsp3) is 0.500. The predicted molar refractivity (Wildman–Crippen MR) is 23.4 cm³/mol. The minimum atomic E-state index is -0.833. The number of nitrogens with zero attached hydrogens (tertiary/aromatic N) is 3. The van der Waals surface area contributed by atoms with Crippen LogP contribution in [0.4, 0.5) is 0 Å². The zero-order chi connectivity index (χ0) is 6.28. The van der Waals surface area contributed by atoms with Crippen LogP contribution in [-0.4, -0.2) is 11.1 Å². The number of carbonyl (C=O) groups is 1. The van der Waals surface area contributed by atoms with Crippen LogP contribution in [0.1, 0.15) is 6.92 Å². The van der Waals surface area contributed by atoms with Crippen molar-refractivity contribution in [2.75, 3.05) is 0 Å². The number of hydrogen-bond acceptors (Lipinski definition) is 1. The molecule has 0 heterocycles. The largest absolute Gasteiger partial charge is 1.00 e. The summed E-state index contributed by atoms with van der Waals surface area (Å²) in [6, 6.07) is 0. The van der Waals surface area contributed by atoms with Gasteiger partial charge in [0.05, 0.1) is 0 Å². The van der Waals surface area contributed by atoms with Gasteiger partial charge in [0.15, 0.2) is 0 Å². The van der Waals surface area contributed by atoms with Crippen molar-refractivity contribution in [1.29, 1.82) is 0 Å². The summed E-state index contributed by atoms with van der Waals surface area (Å²) in [5.74, 6) is -0.833. The molecule has 0 radical (unpaired) electrons. The van der Waals surface area contributed by atoms with Crippen LogP contribution >= 0.6 is 0 Å². The van der Waals surface area contributed by atoms with E-state index in [1.165, 1.54) is 4.91 Å². The van der Waals surface area contributed by atoms with E-state index in [9.17, 15) is 0 Å². The molecule has 0 unspecified atom stereocenters. The van der Waals surface area contributed by atoms with Crippen molar-refractivity contribution >= 4 is 5.97 Å². The maximum absolute atomic E-state index is 9.00. The van der Waals surface area contributed by atoms with Gasteiger partial charge in [-0.1, -0.05) is 0 Å². The van der Waals surface area contributed by atoms with Gasteiger partial charge < -0.3 is 16.2 Å². The number of hydrogen-bond donors (Lipinski definition) is 1. The minimum absolute atomic E-state index is 0. The molecule has 0 aromatic heterocycles. The molecule has 0 saturated carbocycles. The van der Waals surface area contributed by atoms with Crippen molar-refractivity contribution in [3.8, 4) is 0 Å². The molecule has 0 bridgehead atoms. The number of rotatable bonds is 0. The molecule has 8 heavy (non-hydrogen) atoms. The molecular formula is C2H4KN3O2. The van der Waals surface area contributed by atoms with Gasteiger partial charge >= 0.3 is 51.4 Å². The summed E-state index contributed by atoms with van der Waals surface area (Å²) < 4.78 is 0. The van der Waals surface area contributed by atoms with E-state index in [2.05, 4.69) is 0 Å². The van der Waals surface area contributed by atoms with E-state index < -0.39 is 5.97 Å². The summed E-state index contributed by atoms with van der Waals surface area (Å²) in [5.41, 5.74) is 13.5. The molecule has 0 spiro atoms. The predicted octanol–water partition coefficient (Wildman–Crippen LogP) is -2.04. The molecule has 0 aliphatic heterocycles. The smallest absolute Gasteiger partial charge is 0.481 e. The van der Waals surface area contributed by atoms with Gasteiger partial charge in [0.1, 0.15) is 0 Å². The molecule has 0 amide bonds.